The van der Waals surface area contributed by atoms with E-state index in [4.69, 9.17) is 14.7 Å². The molecule has 0 aromatic heterocycles. The largest absolute Gasteiger partial charge is 0.479 e. The molecule has 1 aromatic rings. The molecule has 2 atom stereocenters. The molecule has 0 aliphatic carbocycles. The van der Waals surface area contributed by atoms with Gasteiger partial charge in [0.25, 0.3) is 5.91 Å². The first kappa shape index (κ1) is 21.7. The number of nitriles is 1. The van der Waals surface area contributed by atoms with Crippen LogP contribution in [0.3, 0.4) is 0 Å². The summed E-state index contributed by atoms with van der Waals surface area (Å²) in [6, 6.07) is 7.88. The second-order valence-electron chi connectivity index (χ2n) is 6.65. The molecule has 1 aliphatic heterocycles. The highest BCUT2D eigenvalue weighted by molar-refractivity contribution is 7.91. The van der Waals surface area contributed by atoms with E-state index in [1.165, 1.54) is 11.8 Å². The SMILES string of the molecule is CCCN(C(=O)COC(=O)[C@H](C)Oc1ccc(C#N)cc1)[C@H]1CCS(=O)(=O)C1. The molecule has 1 aromatic carbocycles. The molecule has 28 heavy (non-hydrogen) atoms. The molecule has 2 rings (SSSR count). The summed E-state index contributed by atoms with van der Waals surface area (Å²) in [6.07, 6.45) is 0.140. The van der Waals surface area contributed by atoms with Gasteiger partial charge < -0.3 is 14.4 Å². The van der Waals surface area contributed by atoms with Gasteiger partial charge in [-0.2, -0.15) is 5.26 Å². The van der Waals surface area contributed by atoms with E-state index in [0.717, 1.165) is 0 Å². The van der Waals surface area contributed by atoms with Crippen LogP contribution in [-0.4, -0.2) is 62.0 Å². The van der Waals surface area contributed by atoms with Crippen molar-refractivity contribution in [3.8, 4) is 11.8 Å². The lowest BCUT2D eigenvalue weighted by atomic mass is 10.2. The number of hydrogen-bond donors (Lipinski definition) is 0. The molecule has 0 radical (unpaired) electrons. The molecule has 152 valence electrons. The quantitative estimate of drug-likeness (QED) is 0.596. The first-order valence-electron chi connectivity index (χ1n) is 9.09. The molecule has 0 N–H and O–H groups in total. The van der Waals surface area contributed by atoms with E-state index in [9.17, 15) is 18.0 Å². The molecule has 9 heteroatoms. The van der Waals surface area contributed by atoms with Crippen LogP contribution in [0.4, 0.5) is 0 Å². The van der Waals surface area contributed by atoms with Gasteiger partial charge in [0.15, 0.2) is 22.5 Å². The van der Waals surface area contributed by atoms with Crippen molar-refractivity contribution in [2.45, 2.75) is 38.8 Å². The highest BCUT2D eigenvalue weighted by Crippen LogP contribution is 2.19. The Labute approximate surface area is 164 Å². The molecule has 0 saturated carbocycles. The van der Waals surface area contributed by atoms with Crippen molar-refractivity contribution in [2.24, 2.45) is 0 Å². The number of hydrogen-bond acceptors (Lipinski definition) is 7. The van der Waals surface area contributed by atoms with Crippen molar-refractivity contribution in [1.29, 1.82) is 5.26 Å². The molecule has 0 bridgehead atoms. The molecule has 0 unspecified atom stereocenters. The van der Waals surface area contributed by atoms with Gasteiger partial charge in [-0.15, -0.1) is 0 Å². The van der Waals surface area contributed by atoms with Gasteiger partial charge in [-0.1, -0.05) is 6.92 Å². The lowest BCUT2D eigenvalue weighted by Gasteiger charge is -2.27. The lowest BCUT2D eigenvalue weighted by Crippen LogP contribution is -2.44. The minimum Gasteiger partial charge on any atom is -0.479 e. The Morgan fingerprint density at radius 1 is 1.32 bits per heavy atom. The summed E-state index contributed by atoms with van der Waals surface area (Å²) in [7, 11) is -3.12. The first-order valence-corrected chi connectivity index (χ1v) is 10.9. The molecule has 1 saturated heterocycles. The van der Waals surface area contributed by atoms with Crippen molar-refractivity contribution in [2.75, 3.05) is 24.7 Å². The second kappa shape index (κ2) is 9.55. The average Bonchev–Trinajstić information content (AvgIpc) is 3.03. The van der Waals surface area contributed by atoms with E-state index >= 15 is 0 Å². The Bertz CT molecular complexity index is 844. The van der Waals surface area contributed by atoms with Crippen LogP contribution in [0.1, 0.15) is 32.3 Å². The van der Waals surface area contributed by atoms with Crippen LogP contribution in [0.15, 0.2) is 24.3 Å². The Kier molecular flexibility index (Phi) is 7.40. The van der Waals surface area contributed by atoms with Gasteiger partial charge in [-0.25, -0.2) is 13.2 Å². The average molecular weight is 408 g/mol. The number of esters is 1. The standard InChI is InChI=1S/C19H24N2O6S/c1-3-9-21(16-8-10-28(24,25)13-16)18(22)12-26-19(23)14(2)27-17-6-4-15(11-20)5-7-17/h4-7,14,16H,3,8-10,12-13H2,1-2H3/t14-,16-/m0/s1. The fourth-order valence-corrected chi connectivity index (χ4v) is 4.70. The van der Waals surface area contributed by atoms with Crippen LogP contribution in [-0.2, 0) is 24.2 Å². The van der Waals surface area contributed by atoms with E-state index < -0.39 is 34.4 Å². The lowest BCUT2D eigenvalue weighted by molar-refractivity contribution is -0.158. The molecule has 1 aliphatic rings. The molecule has 1 amide bonds. The zero-order valence-electron chi connectivity index (χ0n) is 16.0. The smallest absolute Gasteiger partial charge is 0.347 e. The number of nitrogens with zero attached hydrogens (tertiary/aromatic N) is 2. The van der Waals surface area contributed by atoms with Gasteiger partial charge in [0.2, 0.25) is 0 Å². The molecule has 8 nitrogen and oxygen atoms in total. The normalized spacial score (nSPS) is 18.7. The van der Waals surface area contributed by atoms with Crippen molar-refractivity contribution < 1.29 is 27.5 Å². The van der Waals surface area contributed by atoms with Crippen LogP contribution in [0.25, 0.3) is 0 Å². The van der Waals surface area contributed by atoms with Gasteiger partial charge in [-0.3, -0.25) is 4.79 Å². The molecular formula is C19H24N2O6S. The number of carbonyl (C=O) groups is 2. The summed E-state index contributed by atoms with van der Waals surface area (Å²) in [5.41, 5.74) is 0.470. The Morgan fingerprint density at radius 3 is 2.54 bits per heavy atom. The predicted molar refractivity (Wildman–Crippen MR) is 101 cm³/mol. The summed E-state index contributed by atoms with van der Waals surface area (Å²) in [4.78, 5) is 26.1. The summed E-state index contributed by atoms with van der Waals surface area (Å²) >= 11 is 0. The van der Waals surface area contributed by atoms with Gasteiger partial charge in [-0.05, 0) is 44.0 Å². The second-order valence-corrected chi connectivity index (χ2v) is 8.88. The number of sulfone groups is 1. The van der Waals surface area contributed by atoms with E-state index in [1.54, 1.807) is 24.3 Å². The Hall–Kier alpha value is -2.60. The molecule has 1 fully saturated rings. The van der Waals surface area contributed by atoms with Gasteiger partial charge >= 0.3 is 5.97 Å². The highest BCUT2D eigenvalue weighted by Gasteiger charge is 2.34. The summed E-state index contributed by atoms with van der Waals surface area (Å²) < 4.78 is 33.9. The molecule has 0 spiro atoms. The number of amides is 1. The highest BCUT2D eigenvalue weighted by atomic mass is 32.2. The van der Waals surface area contributed by atoms with Crippen LogP contribution >= 0.6 is 0 Å². The maximum absolute atomic E-state index is 12.5. The van der Waals surface area contributed by atoms with E-state index in [-0.39, 0.29) is 17.5 Å². The monoisotopic (exact) mass is 408 g/mol. The summed E-state index contributed by atoms with van der Waals surface area (Å²) in [5, 5.41) is 8.78. The van der Waals surface area contributed by atoms with Crippen molar-refractivity contribution in [3.63, 3.8) is 0 Å². The maximum Gasteiger partial charge on any atom is 0.347 e. The van der Waals surface area contributed by atoms with Crippen LogP contribution in [0.2, 0.25) is 0 Å². The number of rotatable bonds is 8. The van der Waals surface area contributed by atoms with Crippen molar-refractivity contribution in [1.82, 2.24) is 4.90 Å². The fourth-order valence-electron chi connectivity index (χ4n) is 2.97. The van der Waals surface area contributed by atoms with E-state index in [0.29, 0.717) is 30.7 Å². The third kappa shape index (κ3) is 5.96. The predicted octanol–water partition coefficient (Wildman–Crippen LogP) is 1.29. The summed E-state index contributed by atoms with van der Waals surface area (Å²) in [5.74, 6) is -0.694. The minimum absolute atomic E-state index is 0.0507. The van der Waals surface area contributed by atoms with Crippen LogP contribution < -0.4 is 4.74 Å². The zero-order chi connectivity index (χ0) is 20.7. The third-order valence-corrected chi connectivity index (χ3v) is 6.15. The van der Waals surface area contributed by atoms with Gasteiger partial charge in [0.05, 0.1) is 23.1 Å². The van der Waals surface area contributed by atoms with Crippen LogP contribution in [0, 0.1) is 11.3 Å². The minimum atomic E-state index is -3.12. The topological polar surface area (TPSA) is 114 Å². The zero-order valence-corrected chi connectivity index (χ0v) is 16.8. The first-order chi connectivity index (χ1) is 13.3. The number of carbonyl (C=O) groups excluding carboxylic acids is 2. The fraction of sp³-hybridized carbons (Fsp3) is 0.526. The number of benzene rings is 1. The third-order valence-electron chi connectivity index (χ3n) is 4.40. The van der Waals surface area contributed by atoms with Gasteiger partial charge in [0.1, 0.15) is 5.75 Å². The van der Waals surface area contributed by atoms with E-state index in [1.807, 2.05) is 13.0 Å². The maximum atomic E-state index is 12.5. The number of ether oxygens (including phenoxy) is 2. The van der Waals surface area contributed by atoms with Crippen molar-refractivity contribution in [3.05, 3.63) is 29.8 Å². The Balaban J connectivity index is 1.88. The Morgan fingerprint density at radius 2 is 2.00 bits per heavy atom. The summed E-state index contributed by atoms with van der Waals surface area (Å²) in [6.45, 7) is 3.34. The van der Waals surface area contributed by atoms with Crippen LogP contribution in [0.5, 0.6) is 5.75 Å². The van der Waals surface area contributed by atoms with Crippen molar-refractivity contribution >= 4 is 21.7 Å². The van der Waals surface area contributed by atoms with Gasteiger partial charge in [0, 0.05) is 12.6 Å². The molecule has 1 heterocycles. The van der Waals surface area contributed by atoms with E-state index in [2.05, 4.69) is 0 Å². The molecular weight excluding hydrogens is 384 g/mol.